The van der Waals surface area contributed by atoms with Crippen LogP contribution in [0.3, 0.4) is 0 Å². The topological polar surface area (TPSA) is 17.0 Å². The Labute approximate surface area is 109 Å². The zero-order valence-electron chi connectivity index (χ0n) is 11.2. The number of hydrogen-bond donors (Lipinski definition) is 1. The molecule has 18 heavy (non-hydrogen) atoms. The zero-order chi connectivity index (χ0) is 12.4. The van der Waals surface area contributed by atoms with E-state index in [0.717, 1.165) is 12.6 Å². The summed E-state index contributed by atoms with van der Waals surface area (Å²) < 4.78 is 2.40. The molecule has 2 heteroatoms. The van der Waals surface area contributed by atoms with Gasteiger partial charge in [-0.2, -0.15) is 0 Å². The van der Waals surface area contributed by atoms with Crippen molar-refractivity contribution >= 4 is 10.9 Å². The molecule has 1 atom stereocenters. The Hall–Kier alpha value is -1.28. The molecular formula is C16H22N2. The molecule has 96 valence electrons. The van der Waals surface area contributed by atoms with Gasteiger partial charge < -0.3 is 9.88 Å². The first-order valence-electron chi connectivity index (χ1n) is 7.12. The van der Waals surface area contributed by atoms with Crippen LogP contribution in [0.15, 0.2) is 30.5 Å². The first-order chi connectivity index (χ1) is 8.84. The molecule has 0 saturated carbocycles. The molecule has 1 saturated heterocycles. The van der Waals surface area contributed by atoms with Crippen LogP contribution in [0.2, 0.25) is 0 Å². The van der Waals surface area contributed by atoms with E-state index in [-0.39, 0.29) is 0 Å². The highest BCUT2D eigenvalue weighted by Crippen LogP contribution is 2.20. The van der Waals surface area contributed by atoms with E-state index in [1.165, 1.54) is 48.7 Å². The zero-order valence-corrected chi connectivity index (χ0v) is 11.2. The van der Waals surface area contributed by atoms with Crippen molar-refractivity contribution in [3.63, 3.8) is 0 Å². The molecule has 0 spiro atoms. The fraction of sp³-hybridized carbons (Fsp3) is 0.500. The summed E-state index contributed by atoms with van der Waals surface area (Å²) in [6.45, 7) is 4.52. The lowest BCUT2D eigenvalue weighted by Crippen LogP contribution is -2.34. The van der Waals surface area contributed by atoms with Crippen LogP contribution in [0.25, 0.3) is 10.9 Å². The molecule has 1 N–H and O–H groups in total. The maximum atomic E-state index is 3.63. The van der Waals surface area contributed by atoms with Crippen LogP contribution in [0.1, 0.15) is 31.2 Å². The largest absolute Gasteiger partial charge is 0.347 e. The number of nitrogens with one attached hydrogen (secondary N) is 1. The number of nitrogens with zero attached hydrogens (tertiary/aromatic N) is 1. The standard InChI is InChI=1S/C16H22N2/c1-13-5-4-7-16-15(13)9-12-18(16)11-8-14-6-2-3-10-17-14/h4-5,7,9,12,14,17H,2-3,6,8,10-11H2,1H3. The molecule has 0 amide bonds. The fourth-order valence-electron chi connectivity index (χ4n) is 3.04. The number of aromatic nitrogens is 1. The van der Waals surface area contributed by atoms with E-state index in [2.05, 4.69) is 47.3 Å². The van der Waals surface area contributed by atoms with Gasteiger partial charge in [0.15, 0.2) is 0 Å². The van der Waals surface area contributed by atoms with Crippen LogP contribution in [0.5, 0.6) is 0 Å². The van der Waals surface area contributed by atoms with Gasteiger partial charge in [-0.15, -0.1) is 0 Å². The van der Waals surface area contributed by atoms with Crippen molar-refractivity contribution in [3.8, 4) is 0 Å². The van der Waals surface area contributed by atoms with Crippen molar-refractivity contribution in [1.29, 1.82) is 0 Å². The minimum absolute atomic E-state index is 0.723. The third kappa shape index (κ3) is 2.30. The molecular weight excluding hydrogens is 220 g/mol. The summed E-state index contributed by atoms with van der Waals surface area (Å²) in [5.41, 5.74) is 2.76. The molecule has 1 aromatic heterocycles. The van der Waals surface area contributed by atoms with Crippen molar-refractivity contribution in [1.82, 2.24) is 9.88 Å². The van der Waals surface area contributed by atoms with Gasteiger partial charge in [0.05, 0.1) is 0 Å². The fourth-order valence-corrected chi connectivity index (χ4v) is 3.04. The van der Waals surface area contributed by atoms with Crippen LogP contribution in [0.4, 0.5) is 0 Å². The number of rotatable bonds is 3. The van der Waals surface area contributed by atoms with Gasteiger partial charge in [0.2, 0.25) is 0 Å². The average molecular weight is 242 g/mol. The summed E-state index contributed by atoms with van der Waals surface area (Å²) >= 11 is 0. The van der Waals surface area contributed by atoms with Gasteiger partial charge in [0, 0.05) is 29.7 Å². The van der Waals surface area contributed by atoms with Crippen molar-refractivity contribution in [3.05, 3.63) is 36.0 Å². The van der Waals surface area contributed by atoms with Gasteiger partial charge >= 0.3 is 0 Å². The molecule has 3 rings (SSSR count). The minimum atomic E-state index is 0.723. The van der Waals surface area contributed by atoms with Crippen molar-refractivity contribution in [2.45, 2.75) is 45.2 Å². The van der Waals surface area contributed by atoms with E-state index in [1.807, 2.05) is 0 Å². The molecule has 0 radical (unpaired) electrons. The van der Waals surface area contributed by atoms with E-state index >= 15 is 0 Å². The van der Waals surface area contributed by atoms with E-state index in [1.54, 1.807) is 0 Å². The summed E-state index contributed by atoms with van der Waals surface area (Å²) in [7, 11) is 0. The van der Waals surface area contributed by atoms with Crippen molar-refractivity contribution < 1.29 is 0 Å². The van der Waals surface area contributed by atoms with E-state index in [0.29, 0.717) is 0 Å². The molecule has 1 aliphatic heterocycles. The number of hydrogen-bond acceptors (Lipinski definition) is 1. The maximum Gasteiger partial charge on any atom is 0.0482 e. The molecule has 0 aliphatic carbocycles. The second-order valence-corrected chi connectivity index (χ2v) is 5.45. The van der Waals surface area contributed by atoms with Gasteiger partial charge in [-0.3, -0.25) is 0 Å². The van der Waals surface area contributed by atoms with Crippen LogP contribution < -0.4 is 5.32 Å². The quantitative estimate of drug-likeness (QED) is 0.872. The SMILES string of the molecule is Cc1cccc2c1ccn2CCC1CCCCN1. The number of fused-ring (bicyclic) bond motifs is 1. The summed E-state index contributed by atoms with van der Waals surface area (Å²) in [6, 6.07) is 9.55. The van der Waals surface area contributed by atoms with Crippen molar-refractivity contribution in [2.75, 3.05) is 6.54 Å². The molecule has 2 nitrogen and oxygen atoms in total. The lowest BCUT2D eigenvalue weighted by atomic mass is 10.0. The maximum absolute atomic E-state index is 3.63. The third-order valence-electron chi connectivity index (χ3n) is 4.16. The number of benzene rings is 1. The van der Waals surface area contributed by atoms with Gasteiger partial charge in [-0.05, 0) is 50.4 Å². The Morgan fingerprint density at radius 3 is 3.06 bits per heavy atom. The second kappa shape index (κ2) is 5.15. The Bertz CT molecular complexity index is 521. The minimum Gasteiger partial charge on any atom is -0.347 e. The molecule has 2 aromatic rings. The molecule has 1 aromatic carbocycles. The number of piperidine rings is 1. The Morgan fingerprint density at radius 2 is 2.22 bits per heavy atom. The summed E-state index contributed by atoms with van der Waals surface area (Å²) in [5, 5.41) is 5.02. The van der Waals surface area contributed by atoms with Crippen molar-refractivity contribution in [2.24, 2.45) is 0 Å². The highest BCUT2D eigenvalue weighted by atomic mass is 15.0. The smallest absolute Gasteiger partial charge is 0.0482 e. The van der Waals surface area contributed by atoms with Crippen LogP contribution in [0, 0.1) is 6.92 Å². The first-order valence-corrected chi connectivity index (χ1v) is 7.12. The molecule has 0 bridgehead atoms. The molecule has 1 fully saturated rings. The predicted molar refractivity (Wildman–Crippen MR) is 76.9 cm³/mol. The molecule has 2 heterocycles. The summed E-state index contributed by atoms with van der Waals surface area (Å²) in [4.78, 5) is 0. The summed E-state index contributed by atoms with van der Waals surface area (Å²) in [6.07, 6.45) is 7.57. The first kappa shape index (κ1) is 11.8. The second-order valence-electron chi connectivity index (χ2n) is 5.45. The number of aryl methyl sites for hydroxylation is 2. The van der Waals surface area contributed by atoms with Gasteiger partial charge in [0.1, 0.15) is 0 Å². The molecule has 1 aliphatic rings. The summed E-state index contributed by atoms with van der Waals surface area (Å²) in [5.74, 6) is 0. The van der Waals surface area contributed by atoms with Gasteiger partial charge in [-0.25, -0.2) is 0 Å². The van der Waals surface area contributed by atoms with Crippen LogP contribution in [-0.4, -0.2) is 17.2 Å². The van der Waals surface area contributed by atoms with Gasteiger partial charge in [0.25, 0.3) is 0 Å². The highest BCUT2D eigenvalue weighted by molar-refractivity contribution is 5.83. The predicted octanol–water partition coefficient (Wildman–Crippen LogP) is 3.48. The molecule has 1 unspecified atom stereocenters. The van der Waals surface area contributed by atoms with E-state index in [4.69, 9.17) is 0 Å². The van der Waals surface area contributed by atoms with Crippen LogP contribution >= 0.6 is 0 Å². The van der Waals surface area contributed by atoms with Crippen LogP contribution in [-0.2, 0) is 6.54 Å². The lowest BCUT2D eigenvalue weighted by molar-refractivity contribution is 0.368. The monoisotopic (exact) mass is 242 g/mol. The van der Waals surface area contributed by atoms with E-state index in [9.17, 15) is 0 Å². The Morgan fingerprint density at radius 1 is 1.28 bits per heavy atom. The Kier molecular flexibility index (Phi) is 3.37. The normalized spacial score (nSPS) is 20.4. The average Bonchev–Trinajstić information content (AvgIpc) is 2.82. The lowest BCUT2D eigenvalue weighted by Gasteiger charge is -2.23. The van der Waals surface area contributed by atoms with E-state index < -0.39 is 0 Å². The highest BCUT2D eigenvalue weighted by Gasteiger charge is 2.12. The third-order valence-corrected chi connectivity index (χ3v) is 4.16. The van der Waals surface area contributed by atoms with Gasteiger partial charge in [-0.1, -0.05) is 18.6 Å². The Balaban J connectivity index is 1.72.